The van der Waals surface area contributed by atoms with E-state index in [-0.39, 0.29) is 17.7 Å². The summed E-state index contributed by atoms with van der Waals surface area (Å²) in [7, 11) is 0. The van der Waals surface area contributed by atoms with E-state index in [1.54, 1.807) is 23.1 Å². The second kappa shape index (κ2) is 14.6. The van der Waals surface area contributed by atoms with Crippen molar-refractivity contribution in [3.05, 3.63) is 78.0 Å². The van der Waals surface area contributed by atoms with Gasteiger partial charge in [0.05, 0.1) is 41.5 Å². The van der Waals surface area contributed by atoms with Crippen LogP contribution >= 0.6 is 0 Å². The number of nitrogens with zero attached hydrogens (tertiary/aromatic N) is 10. The number of rotatable bonds is 10. The minimum atomic E-state index is -0.238. The predicted octanol–water partition coefficient (Wildman–Crippen LogP) is 4.85. The zero-order valence-electron chi connectivity index (χ0n) is 30.3. The van der Waals surface area contributed by atoms with Crippen molar-refractivity contribution in [3.63, 3.8) is 0 Å². The molecular formula is C40H44N12O2. The minimum absolute atomic E-state index is 0.175. The molecule has 1 aromatic carbocycles. The lowest BCUT2D eigenvalue weighted by molar-refractivity contribution is -0.134. The van der Waals surface area contributed by atoms with E-state index in [1.165, 1.54) is 24.9 Å². The summed E-state index contributed by atoms with van der Waals surface area (Å²) in [5.41, 5.74) is 6.17. The van der Waals surface area contributed by atoms with Gasteiger partial charge in [-0.15, -0.1) is 5.10 Å². The first kappa shape index (κ1) is 34.1. The normalized spacial score (nSPS) is 22.3. The Hall–Kier alpha value is -5.68. The second-order valence-corrected chi connectivity index (χ2v) is 15.3. The molecule has 4 fully saturated rings. The number of nitriles is 1. The van der Waals surface area contributed by atoms with Crippen LogP contribution in [0.4, 0.5) is 11.4 Å². The van der Waals surface area contributed by atoms with Crippen LogP contribution in [0.3, 0.4) is 0 Å². The van der Waals surface area contributed by atoms with Crippen molar-refractivity contribution >= 4 is 34.2 Å². The van der Waals surface area contributed by atoms with Crippen LogP contribution in [0, 0.1) is 17.2 Å². The predicted molar refractivity (Wildman–Crippen MR) is 202 cm³/mol. The molecule has 2 saturated heterocycles. The second-order valence-electron chi connectivity index (χ2n) is 15.3. The Balaban J connectivity index is 0.768. The molecule has 54 heavy (non-hydrogen) atoms. The lowest BCUT2D eigenvalue weighted by Gasteiger charge is -2.37. The molecule has 14 heteroatoms. The summed E-state index contributed by atoms with van der Waals surface area (Å²) in [4.78, 5) is 38.1. The van der Waals surface area contributed by atoms with Crippen molar-refractivity contribution in [3.8, 4) is 17.6 Å². The molecule has 4 aliphatic rings. The monoisotopic (exact) mass is 724 g/mol. The third-order valence-electron chi connectivity index (χ3n) is 11.7. The number of piperidine rings is 1. The van der Waals surface area contributed by atoms with Gasteiger partial charge in [0.2, 0.25) is 11.8 Å². The lowest BCUT2D eigenvalue weighted by Crippen LogP contribution is -2.47. The number of nitrogens with one attached hydrogen (secondary N) is 2. The molecule has 2 aliphatic heterocycles. The fourth-order valence-corrected chi connectivity index (χ4v) is 8.30. The van der Waals surface area contributed by atoms with E-state index >= 15 is 0 Å². The number of hydrogen-bond donors (Lipinski definition) is 2. The van der Waals surface area contributed by atoms with E-state index < -0.39 is 0 Å². The molecule has 9 rings (SSSR count). The average molecular weight is 725 g/mol. The molecule has 2 aliphatic carbocycles. The number of pyridine rings is 2. The highest BCUT2D eigenvalue weighted by molar-refractivity contribution is 6.01. The maximum Gasteiger partial charge on any atom is 0.234 e. The fourth-order valence-electron chi connectivity index (χ4n) is 8.30. The Labute approximate surface area is 313 Å². The van der Waals surface area contributed by atoms with Crippen LogP contribution in [0.1, 0.15) is 86.4 Å². The molecule has 0 radical (unpaired) electrons. The Morgan fingerprint density at radius 3 is 2.48 bits per heavy atom. The minimum Gasteiger partial charge on any atom is -0.380 e. The first-order valence-corrected chi connectivity index (χ1v) is 19.3. The highest BCUT2D eigenvalue weighted by atomic mass is 16.2. The first-order chi connectivity index (χ1) is 26.5. The number of benzene rings is 1. The summed E-state index contributed by atoms with van der Waals surface area (Å²) in [5.74, 6) is 1.20. The zero-order chi connectivity index (χ0) is 36.6. The third kappa shape index (κ3) is 7.15. The van der Waals surface area contributed by atoms with Crippen LogP contribution in [0.5, 0.6) is 0 Å². The summed E-state index contributed by atoms with van der Waals surface area (Å²) in [5, 5.41) is 29.9. The molecule has 0 bridgehead atoms. The van der Waals surface area contributed by atoms with Gasteiger partial charge in [-0.3, -0.25) is 19.8 Å². The van der Waals surface area contributed by atoms with Gasteiger partial charge in [-0.1, -0.05) is 17.3 Å². The van der Waals surface area contributed by atoms with Crippen molar-refractivity contribution in [2.75, 3.05) is 42.9 Å². The number of carbonyl (C=O) groups is 2. The van der Waals surface area contributed by atoms with Gasteiger partial charge in [0.15, 0.2) is 11.5 Å². The van der Waals surface area contributed by atoms with Gasteiger partial charge in [0, 0.05) is 67.9 Å². The summed E-state index contributed by atoms with van der Waals surface area (Å²) in [6.07, 6.45) is 16.3. The molecule has 1 atom stereocenters. The number of carbonyl (C=O) groups excluding carboxylic acids is 2. The van der Waals surface area contributed by atoms with Gasteiger partial charge in [-0.05, 0) is 87.6 Å². The topological polar surface area (TPSA) is 163 Å². The molecule has 276 valence electrons. The molecule has 2 N–H and O–H groups in total. The van der Waals surface area contributed by atoms with Crippen LogP contribution < -0.4 is 15.5 Å². The number of hydrogen-bond acceptors (Lipinski definition) is 11. The van der Waals surface area contributed by atoms with Gasteiger partial charge in [-0.25, -0.2) is 14.6 Å². The molecule has 2 amide bonds. The van der Waals surface area contributed by atoms with Crippen LogP contribution in [0.2, 0.25) is 0 Å². The molecule has 14 nitrogen and oxygen atoms in total. The molecule has 4 aromatic heterocycles. The maximum atomic E-state index is 12.3. The maximum absolute atomic E-state index is 12.3. The van der Waals surface area contributed by atoms with E-state index in [2.05, 4.69) is 65.2 Å². The molecular weight excluding hydrogens is 681 g/mol. The molecule has 5 aromatic rings. The van der Waals surface area contributed by atoms with E-state index in [1.807, 2.05) is 29.1 Å². The average Bonchev–Trinajstić information content (AvgIpc) is 3.70. The van der Waals surface area contributed by atoms with Crippen molar-refractivity contribution in [1.82, 2.24) is 45.0 Å². The van der Waals surface area contributed by atoms with Crippen LogP contribution in [-0.4, -0.2) is 90.2 Å². The van der Waals surface area contributed by atoms with Gasteiger partial charge < -0.3 is 10.2 Å². The molecule has 1 unspecified atom stereocenters. The van der Waals surface area contributed by atoms with E-state index in [0.717, 1.165) is 92.3 Å². The third-order valence-corrected chi connectivity index (χ3v) is 11.7. The van der Waals surface area contributed by atoms with Crippen molar-refractivity contribution in [1.29, 1.82) is 5.26 Å². The standard InChI is InChI=1S/C40H44N12O2/c41-21-27-19-30-23-44-52(39(30)43-22-27)37-20-34(45-31-7-8-31)36(24-42-37)51-25-35(47-48-51)29-3-1-26(2-4-29)13-14-49-15-17-50(18-16-49)32-9-5-28(6-10-32)33-11-12-38(53)46-40(33)54/h5-6,9-10,19-20,22-26,29,31,33H,1-4,7-8,11-18H2,(H,42,45)(H,46,53,54). The van der Waals surface area contributed by atoms with Crippen LogP contribution in [-0.2, 0) is 9.59 Å². The zero-order valence-corrected chi connectivity index (χ0v) is 30.3. The summed E-state index contributed by atoms with van der Waals surface area (Å²) in [6.45, 7) is 5.24. The number of fused-ring (bicyclic) bond motifs is 1. The Morgan fingerprint density at radius 1 is 0.907 bits per heavy atom. The Kier molecular flexibility index (Phi) is 9.24. The van der Waals surface area contributed by atoms with Crippen molar-refractivity contribution in [2.45, 2.75) is 75.7 Å². The van der Waals surface area contributed by atoms with Crippen molar-refractivity contribution < 1.29 is 9.59 Å². The number of anilines is 2. The lowest BCUT2D eigenvalue weighted by atomic mass is 9.79. The van der Waals surface area contributed by atoms with E-state index in [9.17, 15) is 14.9 Å². The van der Waals surface area contributed by atoms with Gasteiger partial charge in [0.25, 0.3) is 0 Å². The molecule has 2 saturated carbocycles. The van der Waals surface area contributed by atoms with E-state index in [4.69, 9.17) is 4.98 Å². The highest BCUT2D eigenvalue weighted by Gasteiger charge is 2.29. The SMILES string of the molecule is N#Cc1cnc2c(cnn2-c2cc(NC3CC3)c(-n3cc(C4CCC(CCN5CCN(c6ccc(C7CCC(=O)NC7=O)cc6)CC5)CC4)nn3)cn2)c1. The number of aromatic nitrogens is 7. The summed E-state index contributed by atoms with van der Waals surface area (Å²) in [6, 6.07) is 14.7. The van der Waals surface area contributed by atoms with Gasteiger partial charge >= 0.3 is 0 Å². The van der Waals surface area contributed by atoms with Crippen LogP contribution in [0.15, 0.2) is 61.2 Å². The van der Waals surface area contributed by atoms with Crippen LogP contribution in [0.25, 0.3) is 22.5 Å². The number of piperazine rings is 1. The first-order valence-electron chi connectivity index (χ1n) is 19.3. The summed E-state index contributed by atoms with van der Waals surface area (Å²) < 4.78 is 3.56. The quantitative estimate of drug-likeness (QED) is 0.190. The number of imide groups is 1. The fraction of sp³-hybridized carbons (Fsp3) is 0.450. The van der Waals surface area contributed by atoms with Gasteiger partial charge in [0.1, 0.15) is 11.8 Å². The molecule has 6 heterocycles. The number of amides is 2. The summed E-state index contributed by atoms with van der Waals surface area (Å²) >= 11 is 0. The molecule has 0 spiro atoms. The smallest absolute Gasteiger partial charge is 0.234 e. The van der Waals surface area contributed by atoms with E-state index in [0.29, 0.717) is 41.8 Å². The van der Waals surface area contributed by atoms with Crippen molar-refractivity contribution in [2.24, 2.45) is 5.92 Å². The highest BCUT2D eigenvalue weighted by Crippen LogP contribution is 2.37. The largest absolute Gasteiger partial charge is 0.380 e. The Morgan fingerprint density at radius 2 is 1.72 bits per heavy atom. The van der Waals surface area contributed by atoms with Gasteiger partial charge in [-0.2, -0.15) is 15.0 Å². The Bertz CT molecular complexity index is 2200.